The standard InChI is InChI=1S/C23H20N2O3/c1-15(26)17-8-2-9-18(14-17)24-21(27)12-5-13-25-20-11-4-7-16-6-3-10-19(22(16)20)23(25)28/h2-4,6-11,14H,5,12-13H2,1H3,(H,24,27). The van der Waals surface area contributed by atoms with Gasteiger partial charge in [-0.2, -0.15) is 0 Å². The fraction of sp³-hybridized carbons (Fsp3) is 0.174. The lowest BCUT2D eigenvalue weighted by molar-refractivity contribution is -0.116. The van der Waals surface area contributed by atoms with Crippen LogP contribution in [0.2, 0.25) is 0 Å². The van der Waals surface area contributed by atoms with Crippen LogP contribution < -0.4 is 10.2 Å². The maximum Gasteiger partial charge on any atom is 0.258 e. The number of nitrogens with one attached hydrogen (secondary N) is 1. The molecule has 0 saturated carbocycles. The topological polar surface area (TPSA) is 66.5 Å². The normalized spacial score (nSPS) is 12.5. The maximum absolute atomic E-state index is 12.7. The maximum atomic E-state index is 12.7. The summed E-state index contributed by atoms with van der Waals surface area (Å²) >= 11 is 0. The van der Waals surface area contributed by atoms with Crippen molar-refractivity contribution < 1.29 is 14.4 Å². The molecule has 0 saturated heterocycles. The van der Waals surface area contributed by atoms with E-state index in [1.54, 1.807) is 29.2 Å². The minimum atomic E-state index is -0.136. The van der Waals surface area contributed by atoms with Gasteiger partial charge in [-0.3, -0.25) is 14.4 Å². The average Bonchev–Trinajstić information content (AvgIpc) is 2.96. The quantitative estimate of drug-likeness (QED) is 0.651. The Bertz CT molecular complexity index is 1100. The van der Waals surface area contributed by atoms with E-state index in [0.29, 0.717) is 30.6 Å². The van der Waals surface area contributed by atoms with Crippen LogP contribution >= 0.6 is 0 Å². The smallest absolute Gasteiger partial charge is 0.258 e. The predicted molar refractivity (Wildman–Crippen MR) is 110 cm³/mol. The molecule has 3 aromatic carbocycles. The van der Waals surface area contributed by atoms with Crippen molar-refractivity contribution in [1.29, 1.82) is 0 Å². The molecule has 0 aromatic heterocycles. The van der Waals surface area contributed by atoms with E-state index in [-0.39, 0.29) is 17.6 Å². The first-order chi connectivity index (χ1) is 13.5. The molecule has 28 heavy (non-hydrogen) atoms. The number of hydrogen-bond acceptors (Lipinski definition) is 3. The number of ketones is 1. The van der Waals surface area contributed by atoms with E-state index in [0.717, 1.165) is 22.0 Å². The predicted octanol–water partition coefficient (Wildman–Crippen LogP) is 4.42. The molecule has 2 amide bonds. The summed E-state index contributed by atoms with van der Waals surface area (Å²) in [7, 11) is 0. The number of carbonyl (C=O) groups excluding carboxylic acids is 3. The van der Waals surface area contributed by atoms with Crippen molar-refractivity contribution in [2.75, 3.05) is 16.8 Å². The van der Waals surface area contributed by atoms with Gasteiger partial charge in [-0.1, -0.05) is 36.4 Å². The second-order valence-corrected chi connectivity index (χ2v) is 6.93. The molecule has 4 rings (SSSR count). The van der Waals surface area contributed by atoms with Gasteiger partial charge in [0.25, 0.3) is 5.91 Å². The third-order valence-electron chi connectivity index (χ3n) is 4.99. The van der Waals surface area contributed by atoms with Gasteiger partial charge in [0.2, 0.25) is 5.91 Å². The van der Waals surface area contributed by atoms with Gasteiger partial charge < -0.3 is 10.2 Å². The number of carbonyl (C=O) groups is 3. The molecule has 0 fully saturated rings. The van der Waals surface area contributed by atoms with Crippen LogP contribution in [0.1, 0.15) is 40.5 Å². The second-order valence-electron chi connectivity index (χ2n) is 6.93. The summed E-state index contributed by atoms with van der Waals surface area (Å²) in [4.78, 5) is 38.2. The van der Waals surface area contributed by atoms with Gasteiger partial charge in [-0.25, -0.2) is 0 Å². The molecule has 0 unspecified atom stereocenters. The number of anilines is 2. The van der Waals surface area contributed by atoms with Crippen molar-refractivity contribution in [3.8, 4) is 0 Å². The first-order valence-corrected chi connectivity index (χ1v) is 9.29. The zero-order valence-electron chi connectivity index (χ0n) is 15.6. The van der Waals surface area contributed by atoms with E-state index < -0.39 is 0 Å². The Balaban J connectivity index is 1.39. The highest BCUT2D eigenvalue weighted by Crippen LogP contribution is 2.37. The Hall–Kier alpha value is -3.47. The average molecular weight is 372 g/mol. The fourth-order valence-corrected chi connectivity index (χ4v) is 3.64. The molecule has 1 aliphatic rings. The molecule has 5 heteroatoms. The van der Waals surface area contributed by atoms with E-state index in [9.17, 15) is 14.4 Å². The van der Waals surface area contributed by atoms with E-state index in [1.807, 2.05) is 36.4 Å². The molecule has 1 aliphatic heterocycles. The Kier molecular flexibility index (Phi) is 4.65. The molecular weight excluding hydrogens is 352 g/mol. The number of hydrogen-bond donors (Lipinski definition) is 1. The minimum absolute atomic E-state index is 0.0126. The highest BCUT2D eigenvalue weighted by Gasteiger charge is 2.28. The molecule has 3 aromatic rings. The van der Waals surface area contributed by atoms with Crippen LogP contribution in [0.3, 0.4) is 0 Å². The lowest BCUT2D eigenvalue weighted by Crippen LogP contribution is -2.28. The zero-order valence-corrected chi connectivity index (χ0v) is 15.6. The summed E-state index contributed by atoms with van der Waals surface area (Å²) in [5, 5.41) is 4.85. The van der Waals surface area contributed by atoms with E-state index in [2.05, 4.69) is 5.32 Å². The third kappa shape index (κ3) is 3.27. The Labute approximate surface area is 163 Å². The Morgan fingerprint density at radius 1 is 1.00 bits per heavy atom. The molecule has 0 radical (unpaired) electrons. The monoisotopic (exact) mass is 372 g/mol. The number of amides is 2. The van der Waals surface area contributed by atoms with Gasteiger partial charge in [0.05, 0.1) is 5.69 Å². The lowest BCUT2D eigenvalue weighted by atomic mass is 10.1. The third-order valence-corrected chi connectivity index (χ3v) is 4.99. The van der Waals surface area contributed by atoms with Crippen LogP contribution in [0.4, 0.5) is 11.4 Å². The van der Waals surface area contributed by atoms with E-state index in [4.69, 9.17) is 0 Å². The molecule has 140 valence electrons. The van der Waals surface area contributed by atoms with E-state index in [1.165, 1.54) is 6.92 Å². The molecule has 0 bridgehead atoms. The van der Waals surface area contributed by atoms with Crippen molar-refractivity contribution in [3.63, 3.8) is 0 Å². The van der Waals surface area contributed by atoms with Crippen LogP contribution in [-0.4, -0.2) is 24.1 Å². The van der Waals surface area contributed by atoms with Gasteiger partial charge in [0, 0.05) is 35.2 Å². The van der Waals surface area contributed by atoms with Gasteiger partial charge in [-0.15, -0.1) is 0 Å². The van der Waals surface area contributed by atoms with Gasteiger partial charge >= 0.3 is 0 Å². The van der Waals surface area contributed by atoms with Gasteiger partial charge in [0.15, 0.2) is 5.78 Å². The molecule has 0 aliphatic carbocycles. The van der Waals surface area contributed by atoms with Crippen molar-refractivity contribution in [2.45, 2.75) is 19.8 Å². The first-order valence-electron chi connectivity index (χ1n) is 9.29. The van der Waals surface area contributed by atoms with Crippen LogP contribution in [0.5, 0.6) is 0 Å². The molecule has 0 atom stereocenters. The highest BCUT2D eigenvalue weighted by atomic mass is 16.2. The second kappa shape index (κ2) is 7.27. The SMILES string of the molecule is CC(=O)c1cccc(NC(=O)CCCN2C(=O)c3cccc4cccc2c34)c1. The summed E-state index contributed by atoms with van der Waals surface area (Å²) in [6, 6.07) is 18.5. The van der Waals surface area contributed by atoms with Crippen molar-refractivity contribution in [2.24, 2.45) is 0 Å². The van der Waals surface area contributed by atoms with Crippen LogP contribution in [0.15, 0.2) is 60.7 Å². The summed E-state index contributed by atoms with van der Waals surface area (Å²) in [6.45, 7) is 1.97. The Morgan fingerprint density at radius 2 is 1.75 bits per heavy atom. The first kappa shape index (κ1) is 17.9. The molecule has 1 N–H and O–H groups in total. The van der Waals surface area contributed by atoms with Gasteiger partial charge in [0.1, 0.15) is 0 Å². The number of benzene rings is 3. The highest BCUT2D eigenvalue weighted by molar-refractivity contribution is 6.25. The van der Waals surface area contributed by atoms with Crippen LogP contribution in [0, 0.1) is 0 Å². The molecule has 1 heterocycles. The molecule has 0 spiro atoms. The lowest BCUT2D eigenvalue weighted by Gasteiger charge is -2.17. The molecular formula is C23H20N2O3. The zero-order chi connectivity index (χ0) is 19.7. The summed E-state index contributed by atoms with van der Waals surface area (Å²) in [5.41, 5.74) is 2.80. The minimum Gasteiger partial charge on any atom is -0.326 e. The van der Waals surface area contributed by atoms with Crippen molar-refractivity contribution in [3.05, 3.63) is 71.8 Å². The molecule has 5 nitrogen and oxygen atoms in total. The van der Waals surface area contributed by atoms with Crippen molar-refractivity contribution in [1.82, 2.24) is 0 Å². The largest absolute Gasteiger partial charge is 0.326 e. The van der Waals surface area contributed by atoms with Crippen molar-refractivity contribution >= 4 is 39.7 Å². The summed E-state index contributed by atoms with van der Waals surface area (Å²) in [6.07, 6.45) is 0.842. The fourth-order valence-electron chi connectivity index (χ4n) is 3.64. The van der Waals surface area contributed by atoms with Crippen LogP contribution in [0.25, 0.3) is 10.8 Å². The van der Waals surface area contributed by atoms with Gasteiger partial charge in [-0.05, 0) is 43.0 Å². The summed E-state index contributed by atoms with van der Waals surface area (Å²) in [5.74, 6) is -0.193. The summed E-state index contributed by atoms with van der Waals surface area (Å²) < 4.78 is 0. The van der Waals surface area contributed by atoms with E-state index >= 15 is 0 Å². The number of rotatable bonds is 6. The Morgan fingerprint density at radius 3 is 2.54 bits per heavy atom. The van der Waals surface area contributed by atoms with Crippen LogP contribution in [-0.2, 0) is 4.79 Å². The number of Topliss-reactive ketones (excluding diaryl/α,β-unsaturated/α-hetero) is 1. The number of nitrogens with zero attached hydrogens (tertiary/aromatic N) is 1.